The average molecular weight is 367 g/mol. The molecule has 0 saturated heterocycles. The number of rotatable bonds is 6. The maximum absolute atomic E-state index is 12.2. The second kappa shape index (κ2) is 8.71. The Bertz CT molecular complexity index is 814. The van der Waals surface area contributed by atoms with E-state index in [0.717, 1.165) is 18.4 Å². The van der Waals surface area contributed by atoms with Crippen molar-refractivity contribution in [1.29, 1.82) is 0 Å². The Labute approximate surface area is 159 Å². The van der Waals surface area contributed by atoms with Crippen LogP contribution >= 0.6 is 0 Å². The van der Waals surface area contributed by atoms with Crippen LogP contribution in [-0.4, -0.2) is 25.6 Å². The van der Waals surface area contributed by atoms with Crippen LogP contribution in [-0.2, 0) is 22.4 Å². The molecule has 27 heavy (non-hydrogen) atoms. The van der Waals surface area contributed by atoms with Gasteiger partial charge in [-0.15, -0.1) is 0 Å². The van der Waals surface area contributed by atoms with Crippen LogP contribution in [0.1, 0.15) is 52.9 Å². The minimum atomic E-state index is -0.404. The molecular formula is C22H25NO4. The lowest BCUT2D eigenvalue weighted by Crippen LogP contribution is -2.31. The number of nitrogens with one attached hydrogen (secondary N) is 1. The first-order chi connectivity index (χ1) is 13.1. The van der Waals surface area contributed by atoms with Gasteiger partial charge in [0, 0.05) is 0 Å². The molecule has 0 fully saturated rings. The average Bonchev–Trinajstić information content (AvgIpc) is 2.71. The van der Waals surface area contributed by atoms with Gasteiger partial charge in [0.15, 0.2) is 6.61 Å². The molecule has 1 atom stereocenters. The summed E-state index contributed by atoms with van der Waals surface area (Å²) in [5.74, 6) is -0.0605. The predicted molar refractivity (Wildman–Crippen MR) is 103 cm³/mol. The van der Waals surface area contributed by atoms with E-state index in [1.807, 2.05) is 6.92 Å². The van der Waals surface area contributed by atoms with E-state index in [-0.39, 0.29) is 18.6 Å². The second-order valence-corrected chi connectivity index (χ2v) is 6.83. The molecule has 2 aromatic rings. The fraction of sp³-hybridized carbons (Fsp3) is 0.364. The number of fused-ring (bicyclic) bond motifs is 1. The molecule has 5 nitrogen and oxygen atoms in total. The van der Waals surface area contributed by atoms with Gasteiger partial charge in [-0.1, -0.05) is 18.2 Å². The summed E-state index contributed by atoms with van der Waals surface area (Å²) in [4.78, 5) is 23.6. The van der Waals surface area contributed by atoms with Crippen molar-refractivity contribution >= 4 is 11.9 Å². The van der Waals surface area contributed by atoms with Crippen molar-refractivity contribution in [3.05, 3.63) is 64.7 Å². The van der Waals surface area contributed by atoms with Gasteiger partial charge in [0.2, 0.25) is 0 Å². The van der Waals surface area contributed by atoms with Gasteiger partial charge in [0.05, 0.1) is 18.7 Å². The van der Waals surface area contributed by atoms with Crippen molar-refractivity contribution < 1.29 is 19.1 Å². The highest BCUT2D eigenvalue weighted by Crippen LogP contribution is 2.24. The zero-order valence-electron chi connectivity index (χ0n) is 15.8. The highest BCUT2D eigenvalue weighted by Gasteiger charge is 2.14. The molecule has 0 aliphatic heterocycles. The van der Waals surface area contributed by atoms with E-state index < -0.39 is 5.97 Å². The van der Waals surface area contributed by atoms with Crippen LogP contribution in [0.2, 0.25) is 0 Å². The molecule has 0 bridgehead atoms. The van der Waals surface area contributed by atoms with Crippen LogP contribution in [0.15, 0.2) is 42.5 Å². The molecule has 0 saturated carbocycles. The Kier molecular flexibility index (Phi) is 6.12. The molecule has 142 valence electrons. The predicted octanol–water partition coefficient (Wildman–Crippen LogP) is 3.61. The largest absolute Gasteiger partial charge is 0.484 e. The van der Waals surface area contributed by atoms with E-state index in [4.69, 9.17) is 4.74 Å². The Morgan fingerprint density at radius 1 is 1.04 bits per heavy atom. The topological polar surface area (TPSA) is 64.6 Å². The third-order valence-electron chi connectivity index (χ3n) is 4.90. The van der Waals surface area contributed by atoms with Gasteiger partial charge in [-0.05, 0) is 73.6 Å². The molecule has 0 heterocycles. The minimum absolute atomic E-state index is 0.0740. The fourth-order valence-corrected chi connectivity index (χ4v) is 3.34. The number of ether oxygens (including phenoxy) is 2. The molecule has 0 radical (unpaired) electrons. The van der Waals surface area contributed by atoms with E-state index in [2.05, 4.69) is 28.3 Å². The highest BCUT2D eigenvalue weighted by atomic mass is 16.5. The Morgan fingerprint density at radius 3 is 2.44 bits per heavy atom. The minimum Gasteiger partial charge on any atom is -0.484 e. The second-order valence-electron chi connectivity index (χ2n) is 6.83. The number of hydrogen-bond acceptors (Lipinski definition) is 4. The first kappa shape index (κ1) is 19.0. The van der Waals surface area contributed by atoms with Crippen molar-refractivity contribution in [3.63, 3.8) is 0 Å². The maximum Gasteiger partial charge on any atom is 0.337 e. The SMILES string of the molecule is COC(=O)c1ccc(OCC(=O)N[C@H](C)c2ccc3c(c2)CCCC3)cc1. The van der Waals surface area contributed by atoms with Crippen LogP contribution in [0.25, 0.3) is 0 Å². The van der Waals surface area contributed by atoms with Gasteiger partial charge in [-0.25, -0.2) is 4.79 Å². The van der Waals surface area contributed by atoms with Crippen LogP contribution in [0.5, 0.6) is 5.75 Å². The number of carbonyl (C=O) groups excluding carboxylic acids is 2. The van der Waals surface area contributed by atoms with Crippen molar-refractivity contribution in [2.24, 2.45) is 0 Å². The summed E-state index contributed by atoms with van der Waals surface area (Å²) in [5, 5.41) is 2.97. The standard InChI is InChI=1S/C22H25NO4/c1-15(18-8-7-16-5-3-4-6-19(16)13-18)23-21(24)14-27-20-11-9-17(10-12-20)22(25)26-2/h7-13,15H,3-6,14H2,1-2H3,(H,23,24)/t15-/m1/s1. The first-order valence-electron chi connectivity index (χ1n) is 9.29. The number of carbonyl (C=O) groups is 2. The van der Waals surface area contributed by atoms with Crippen LogP contribution in [0.3, 0.4) is 0 Å². The first-order valence-corrected chi connectivity index (χ1v) is 9.29. The van der Waals surface area contributed by atoms with E-state index in [0.29, 0.717) is 11.3 Å². The number of benzene rings is 2. The van der Waals surface area contributed by atoms with Gasteiger partial charge < -0.3 is 14.8 Å². The molecule has 5 heteroatoms. The maximum atomic E-state index is 12.2. The lowest BCUT2D eigenvalue weighted by atomic mass is 9.89. The highest BCUT2D eigenvalue weighted by molar-refractivity contribution is 5.89. The van der Waals surface area contributed by atoms with Crippen molar-refractivity contribution in [3.8, 4) is 5.75 Å². The summed E-state index contributed by atoms with van der Waals surface area (Å²) in [6.07, 6.45) is 4.77. The van der Waals surface area contributed by atoms with Gasteiger partial charge in [0.1, 0.15) is 5.75 Å². The van der Waals surface area contributed by atoms with Crippen molar-refractivity contribution in [2.45, 2.75) is 38.6 Å². The quantitative estimate of drug-likeness (QED) is 0.792. The van der Waals surface area contributed by atoms with Gasteiger partial charge in [-0.2, -0.15) is 0 Å². The van der Waals surface area contributed by atoms with Crippen molar-refractivity contribution in [1.82, 2.24) is 5.32 Å². The Morgan fingerprint density at radius 2 is 1.74 bits per heavy atom. The molecule has 0 unspecified atom stereocenters. The third-order valence-corrected chi connectivity index (χ3v) is 4.90. The molecule has 1 aliphatic rings. The van der Waals surface area contributed by atoms with Crippen LogP contribution < -0.4 is 10.1 Å². The molecule has 1 amide bonds. The van der Waals surface area contributed by atoms with Gasteiger partial charge in [0.25, 0.3) is 5.91 Å². The number of hydrogen-bond donors (Lipinski definition) is 1. The normalized spacial score (nSPS) is 14.0. The Balaban J connectivity index is 1.52. The van der Waals surface area contributed by atoms with Crippen molar-refractivity contribution in [2.75, 3.05) is 13.7 Å². The lowest BCUT2D eigenvalue weighted by molar-refractivity contribution is -0.123. The molecular weight excluding hydrogens is 342 g/mol. The van der Waals surface area contributed by atoms with Crippen LogP contribution in [0.4, 0.5) is 0 Å². The lowest BCUT2D eigenvalue weighted by Gasteiger charge is -2.20. The fourth-order valence-electron chi connectivity index (χ4n) is 3.34. The zero-order valence-corrected chi connectivity index (χ0v) is 15.8. The summed E-state index contributed by atoms with van der Waals surface area (Å²) in [6, 6.07) is 12.9. The van der Waals surface area contributed by atoms with Gasteiger partial charge >= 0.3 is 5.97 Å². The summed E-state index contributed by atoms with van der Waals surface area (Å²) in [7, 11) is 1.33. The van der Waals surface area contributed by atoms with Gasteiger partial charge in [-0.3, -0.25) is 4.79 Å². The monoisotopic (exact) mass is 367 g/mol. The number of methoxy groups -OCH3 is 1. The summed E-state index contributed by atoms with van der Waals surface area (Å²) in [5.41, 5.74) is 4.39. The molecule has 3 rings (SSSR count). The number of esters is 1. The van der Waals surface area contributed by atoms with Crippen LogP contribution in [0, 0.1) is 0 Å². The third kappa shape index (κ3) is 4.88. The molecule has 1 aliphatic carbocycles. The summed E-state index contributed by atoms with van der Waals surface area (Å²) in [6.45, 7) is 1.90. The van der Waals surface area contributed by atoms with E-state index >= 15 is 0 Å². The number of aryl methyl sites for hydroxylation is 2. The zero-order chi connectivity index (χ0) is 19.2. The summed E-state index contributed by atoms with van der Waals surface area (Å²) >= 11 is 0. The van der Waals surface area contributed by atoms with E-state index in [1.54, 1.807) is 24.3 Å². The molecule has 0 spiro atoms. The molecule has 1 N–H and O–H groups in total. The molecule has 2 aromatic carbocycles. The number of amides is 1. The van der Waals surface area contributed by atoms with E-state index in [9.17, 15) is 9.59 Å². The Hall–Kier alpha value is -2.82. The summed E-state index contributed by atoms with van der Waals surface area (Å²) < 4.78 is 10.2. The van der Waals surface area contributed by atoms with E-state index in [1.165, 1.54) is 31.1 Å². The smallest absolute Gasteiger partial charge is 0.337 e. The molecule has 0 aromatic heterocycles.